The third-order valence-corrected chi connectivity index (χ3v) is 4.13. The normalized spacial score (nSPS) is 18.4. The Balaban J connectivity index is 2.08. The van der Waals surface area contributed by atoms with Crippen LogP contribution in [0.25, 0.3) is 0 Å². The van der Waals surface area contributed by atoms with Gasteiger partial charge in [0.05, 0.1) is 11.4 Å². The van der Waals surface area contributed by atoms with Gasteiger partial charge in [0, 0.05) is 17.5 Å². The summed E-state index contributed by atoms with van der Waals surface area (Å²) < 4.78 is 0. The largest absolute Gasteiger partial charge is 0.260 e. The van der Waals surface area contributed by atoms with Gasteiger partial charge >= 0.3 is 0 Å². The van der Waals surface area contributed by atoms with Gasteiger partial charge in [0.25, 0.3) is 0 Å². The molecule has 1 atom stereocenters. The average molecular weight is 302 g/mol. The summed E-state index contributed by atoms with van der Waals surface area (Å²) >= 11 is 6.23. The van der Waals surface area contributed by atoms with E-state index < -0.39 is 0 Å². The summed E-state index contributed by atoms with van der Waals surface area (Å²) in [6.07, 6.45) is 5.20. The van der Waals surface area contributed by atoms with Crippen molar-refractivity contribution < 1.29 is 0 Å². The predicted molar refractivity (Wildman–Crippen MR) is 84.8 cm³/mol. The van der Waals surface area contributed by atoms with Crippen LogP contribution in [0.5, 0.6) is 0 Å². The lowest BCUT2D eigenvalue weighted by Crippen LogP contribution is -2.20. The van der Waals surface area contributed by atoms with Gasteiger partial charge < -0.3 is 0 Å². The Morgan fingerprint density at radius 1 is 1.24 bits per heavy atom. The van der Waals surface area contributed by atoms with E-state index in [9.17, 15) is 0 Å². The Hall–Kier alpha value is -1.48. The maximum Gasteiger partial charge on any atom is 0.135 e. The Kier molecular flexibility index (Phi) is 3.70. The molecule has 0 saturated heterocycles. The van der Waals surface area contributed by atoms with Crippen molar-refractivity contribution in [1.29, 1.82) is 0 Å². The summed E-state index contributed by atoms with van der Waals surface area (Å²) in [5.41, 5.74) is 3.38. The number of pyridine rings is 1. The highest BCUT2D eigenvalue weighted by Crippen LogP contribution is 2.35. The molecule has 0 aromatic carbocycles. The number of hydrogen-bond acceptors (Lipinski definition) is 3. The molecule has 1 unspecified atom stereocenters. The van der Waals surface area contributed by atoms with E-state index in [0.29, 0.717) is 5.15 Å². The van der Waals surface area contributed by atoms with Crippen molar-refractivity contribution in [3.8, 4) is 0 Å². The molecule has 0 bridgehead atoms. The van der Waals surface area contributed by atoms with Crippen LogP contribution in [0, 0.1) is 0 Å². The number of hydrogen-bond donors (Lipinski definition) is 0. The van der Waals surface area contributed by atoms with E-state index in [-0.39, 0.29) is 11.3 Å². The molecule has 0 amide bonds. The molecule has 1 aliphatic rings. The Labute approximate surface area is 130 Å². The third-order valence-electron chi connectivity index (χ3n) is 3.94. The van der Waals surface area contributed by atoms with Gasteiger partial charge in [-0.05, 0) is 37.0 Å². The molecule has 2 heterocycles. The summed E-state index contributed by atoms with van der Waals surface area (Å²) in [5.74, 6) is 1.03. The van der Waals surface area contributed by atoms with E-state index in [1.54, 1.807) is 0 Å². The SMILES string of the molecule is CC(C)(C)c1nc(Cl)cc(C2CCCc3cccnc32)n1. The maximum atomic E-state index is 6.23. The van der Waals surface area contributed by atoms with Crippen LogP contribution in [-0.4, -0.2) is 15.0 Å². The van der Waals surface area contributed by atoms with Crippen LogP contribution in [0.3, 0.4) is 0 Å². The Morgan fingerprint density at radius 3 is 2.81 bits per heavy atom. The summed E-state index contributed by atoms with van der Waals surface area (Å²) in [7, 11) is 0. The number of halogens is 1. The van der Waals surface area contributed by atoms with Gasteiger partial charge in [-0.3, -0.25) is 4.98 Å². The number of aromatic nitrogens is 3. The quantitative estimate of drug-likeness (QED) is 0.738. The van der Waals surface area contributed by atoms with E-state index in [4.69, 9.17) is 16.6 Å². The van der Waals surface area contributed by atoms with Crippen LogP contribution in [0.4, 0.5) is 0 Å². The van der Waals surface area contributed by atoms with Gasteiger partial charge in [0.1, 0.15) is 11.0 Å². The first-order valence-corrected chi connectivity index (χ1v) is 7.82. The molecule has 0 saturated carbocycles. The van der Waals surface area contributed by atoms with E-state index in [0.717, 1.165) is 36.5 Å². The molecule has 2 aromatic heterocycles. The van der Waals surface area contributed by atoms with Crippen LogP contribution in [0.1, 0.15) is 62.3 Å². The topological polar surface area (TPSA) is 38.7 Å². The summed E-state index contributed by atoms with van der Waals surface area (Å²) in [6, 6.07) is 6.07. The molecule has 1 aliphatic carbocycles. The van der Waals surface area contributed by atoms with Gasteiger partial charge in [0.15, 0.2) is 0 Å². The summed E-state index contributed by atoms with van der Waals surface area (Å²) in [5, 5.41) is 0.521. The Morgan fingerprint density at radius 2 is 2.05 bits per heavy atom. The molecule has 21 heavy (non-hydrogen) atoms. The third kappa shape index (κ3) is 2.93. The van der Waals surface area contributed by atoms with E-state index in [1.165, 1.54) is 5.56 Å². The second-order valence-corrected chi connectivity index (χ2v) is 7.07. The first-order chi connectivity index (χ1) is 9.95. The van der Waals surface area contributed by atoms with Crippen LogP contribution in [0.15, 0.2) is 24.4 Å². The second-order valence-electron chi connectivity index (χ2n) is 6.68. The zero-order valence-electron chi connectivity index (χ0n) is 12.7. The average Bonchev–Trinajstić information content (AvgIpc) is 2.45. The van der Waals surface area contributed by atoms with Crippen LogP contribution in [-0.2, 0) is 11.8 Å². The molecule has 4 heteroatoms. The van der Waals surface area contributed by atoms with Gasteiger partial charge in [-0.2, -0.15) is 0 Å². The summed E-state index contributed by atoms with van der Waals surface area (Å²) in [6.45, 7) is 6.32. The smallest absolute Gasteiger partial charge is 0.135 e. The number of aryl methyl sites for hydroxylation is 1. The zero-order valence-corrected chi connectivity index (χ0v) is 13.5. The minimum Gasteiger partial charge on any atom is -0.260 e. The van der Waals surface area contributed by atoms with Gasteiger partial charge in [-0.1, -0.05) is 38.4 Å². The molecular formula is C17H20ClN3. The number of nitrogens with zero attached hydrogens (tertiary/aromatic N) is 3. The Bertz CT molecular complexity index is 661. The monoisotopic (exact) mass is 301 g/mol. The summed E-state index contributed by atoms with van der Waals surface area (Å²) in [4.78, 5) is 13.8. The predicted octanol–water partition coefficient (Wildman–Crippen LogP) is 4.29. The first kappa shape index (κ1) is 14.5. The van der Waals surface area contributed by atoms with Crippen molar-refractivity contribution in [2.24, 2.45) is 0 Å². The number of rotatable bonds is 1. The van der Waals surface area contributed by atoms with E-state index >= 15 is 0 Å². The minimum atomic E-state index is -0.110. The molecule has 0 radical (unpaired) electrons. The lowest BCUT2D eigenvalue weighted by molar-refractivity contribution is 0.528. The van der Waals surface area contributed by atoms with Crippen molar-refractivity contribution in [1.82, 2.24) is 15.0 Å². The standard InChI is InChI=1S/C17H20ClN3/c1-17(2,3)16-20-13(10-14(18)21-16)12-8-4-6-11-7-5-9-19-15(11)12/h5,7,9-10,12H,4,6,8H2,1-3H3. The fourth-order valence-electron chi connectivity index (χ4n) is 2.85. The maximum absolute atomic E-state index is 6.23. The highest BCUT2D eigenvalue weighted by atomic mass is 35.5. The fourth-order valence-corrected chi connectivity index (χ4v) is 3.04. The van der Waals surface area contributed by atoms with Crippen LogP contribution >= 0.6 is 11.6 Å². The van der Waals surface area contributed by atoms with Crippen molar-refractivity contribution in [2.45, 2.75) is 51.4 Å². The molecule has 3 nitrogen and oxygen atoms in total. The lowest BCUT2D eigenvalue weighted by atomic mass is 9.84. The van der Waals surface area contributed by atoms with Crippen LogP contribution < -0.4 is 0 Å². The molecule has 0 aliphatic heterocycles. The van der Waals surface area contributed by atoms with Crippen molar-refractivity contribution in [3.05, 3.63) is 52.3 Å². The molecule has 3 rings (SSSR count). The van der Waals surface area contributed by atoms with E-state index in [2.05, 4.69) is 36.8 Å². The molecule has 110 valence electrons. The first-order valence-electron chi connectivity index (χ1n) is 7.44. The molecular weight excluding hydrogens is 282 g/mol. The highest BCUT2D eigenvalue weighted by molar-refractivity contribution is 6.29. The van der Waals surface area contributed by atoms with E-state index in [1.807, 2.05) is 18.3 Å². The van der Waals surface area contributed by atoms with Gasteiger partial charge in [-0.15, -0.1) is 0 Å². The van der Waals surface area contributed by atoms with Crippen molar-refractivity contribution in [3.63, 3.8) is 0 Å². The van der Waals surface area contributed by atoms with Crippen molar-refractivity contribution >= 4 is 11.6 Å². The molecule has 0 N–H and O–H groups in total. The zero-order chi connectivity index (χ0) is 15.0. The van der Waals surface area contributed by atoms with Gasteiger partial charge in [0.2, 0.25) is 0 Å². The number of fused-ring (bicyclic) bond motifs is 1. The highest BCUT2D eigenvalue weighted by Gasteiger charge is 2.27. The molecule has 2 aromatic rings. The fraction of sp³-hybridized carbons (Fsp3) is 0.471. The second kappa shape index (κ2) is 5.38. The molecule has 0 spiro atoms. The lowest BCUT2D eigenvalue weighted by Gasteiger charge is -2.25. The molecule has 0 fully saturated rings. The minimum absolute atomic E-state index is 0.110. The van der Waals surface area contributed by atoms with Gasteiger partial charge in [-0.25, -0.2) is 9.97 Å². The van der Waals surface area contributed by atoms with Crippen molar-refractivity contribution in [2.75, 3.05) is 0 Å². The van der Waals surface area contributed by atoms with Crippen LogP contribution in [0.2, 0.25) is 5.15 Å².